The number of rotatable bonds is 1. The quantitative estimate of drug-likeness (QED) is 0.787. The predicted octanol–water partition coefficient (Wildman–Crippen LogP) is 1.13. The van der Waals surface area contributed by atoms with Crippen LogP contribution in [0.25, 0.3) is 11.0 Å². The van der Waals surface area contributed by atoms with Crippen LogP contribution in [-0.2, 0) is 0 Å². The first-order valence-electron chi connectivity index (χ1n) is 6.14. The summed E-state index contributed by atoms with van der Waals surface area (Å²) in [6.45, 7) is 1.86. The zero-order chi connectivity index (χ0) is 12.5. The molecule has 1 aromatic heterocycles. The fourth-order valence-electron chi connectivity index (χ4n) is 2.62. The van der Waals surface area contributed by atoms with Crippen LogP contribution in [0.3, 0.4) is 0 Å². The van der Waals surface area contributed by atoms with Crippen molar-refractivity contribution in [2.45, 2.75) is 18.9 Å². The molecule has 0 radical (unpaired) electrons. The Bertz CT molecular complexity index is 670. The van der Waals surface area contributed by atoms with Crippen molar-refractivity contribution >= 4 is 11.0 Å². The third kappa shape index (κ3) is 1.71. The summed E-state index contributed by atoms with van der Waals surface area (Å²) in [5.41, 5.74) is 2.15. The van der Waals surface area contributed by atoms with E-state index in [1.807, 2.05) is 0 Å². The molecule has 18 heavy (non-hydrogen) atoms. The van der Waals surface area contributed by atoms with Gasteiger partial charge < -0.3 is 10.3 Å². The molecule has 1 aromatic carbocycles. The second kappa shape index (κ2) is 4.31. The van der Waals surface area contributed by atoms with E-state index in [2.05, 4.69) is 16.4 Å². The van der Waals surface area contributed by atoms with E-state index in [-0.39, 0.29) is 11.7 Å². The maximum absolute atomic E-state index is 12.0. The van der Waals surface area contributed by atoms with Crippen molar-refractivity contribution in [3.63, 3.8) is 0 Å². The van der Waals surface area contributed by atoms with Crippen molar-refractivity contribution in [3.8, 4) is 6.07 Å². The smallest absolute Gasteiger partial charge is 0.317 e. The Balaban J connectivity index is 2.17. The lowest BCUT2D eigenvalue weighted by Gasteiger charge is -2.23. The number of hydrogen-bond donors (Lipinski definition) is 2. The van der Waals surface area contributed by atoms with Crippen LogP contribution in [0, 0.1) is 11.3 Å². The van der Waals surface area contributed by atoms with Crippen molar-refractivity contribution in [3.05, 3.63) is 34.2 Å². The maximum atomic E-state index is 12.0. The summed E-state index contributed by atoms with van der Waals surface area (Å²) in [7, 11) is 0. The molecule has 0 aliphatic carbocycles. The van der Waals surface area contributed by atoms with Crippen LogP contribution >= 0.6 is 0 Å². The van der Waals surface area contributed by atoms with Crippen LogP contribution < -0.4 is 11.0 Å². The SMILES string of the molecule is N#Cc1ccc2[nH]c(=O)n(C3CCNCC3)c2c1. The van der Waals surface area contributed by atoms with Gasteiger partial charge in [0.25, 0.3) is 0 Å². The first kappa shape index (κ1) is 11.1. The van der Waals surface area contributed by atoms with Gasteiger partial charge >= 0.3 is 5.69 Å². The van der Waals surface area contributed by atoms with Gasteiger partial charge in [-0.15, -0.1) is 0 Å². The Morgan fingerprint density at radius 2 is 2.11 bits per heavy atom. The minimum atomic E-state index is -0.0769. The second-order valence-corrected chi connectivity index (χ2v) is 4.63. The zero-order valence-corrected chi connectivity index (χ0v) is 9.94. The summed E-state index contributed by atoms with van der Waals surface area (Å²) in [5.74, 6) is 0. The number of nitrogens with zero attached hydrogens (tertiary/aromatic N) is 2. The number of nitrogens with one attached hydrogen (secondary N) is 2. The average Bonchev–Trinajstić information content (AvgIpc) is 2.74. The van der Waals surface area contributed by atoms with Crippen molar-refractivity contribution in [2.24, 2.45) is 0 Å². The molecule has 2 heterocycles. The number of hydrogen-bond acceptors (Lipinski definition) is 3. The molecule has 1 aliphatic rings. The summed E-state index contributed by atoms with van der Waals surface area (Å²) in [6, 6.07) is 7.65. The lowest BCUT2D eigenvalue weighted by atomic mass is 10.1. The monoisotopic (exact) mass is 242 g/mol. The topological polar surface area (TPSA) is 73.6 Å². The largest absolute Gasteiger partial charge is 0.326 e. The lowest BCUT2D eigenvalue weighted by Crippen LogP contribution is -2.33. The van der Waals surface area contributed by atoms with Crippen molar-refractivity contribution < 1.29 is 0 Å². The molecule has 1 fully saturated rings. The minimum absolute atomic E-state index is 0.0769. The Labute approximate surface area is 104 Å². The predicted molar refractivity (Wildman–Crippen MR) is 68.4 cm³/mol. The van der Waals surface area contributed by atoms with E-state index in [0.29, 0.717) is 5.56 Å². The van der Waals surface area contributed by atoms with Gasteiger partial charge in [0.05, 0.1) is 22.7 Å². The molecule has 0 bridgehead atoms. The normalized spacial score (nSPS) is 16.8. The number of aromatic amines is 1. The highest BCUT2D eigenvalue weighted by molar-refractivity contribution is 5.77. The van der Waals surface area contributed by atoms with Crippen LogP contribution in [0.4, 0.5) is 0 Å². The number of fused-ring (bicyclic) bond motifs is 1. The lowest BCUT2D eigenvalue weighted by molar-refractivity contribution is 0.368. The highest BCUT2D eigenvalue weighted by Crippen LogP contribution is 2.22. The van der Waals surface area contributed by atoms with Gasteiger partial charge in [0, 0.05) is 6.04 Å². The highest BCUT2D eigenvalue weighted by atomic mass is 16.1. The van der Waals surface area contributed by atoms with Crippen LogP contribution in [0.5, 0.6) is 0 Å². The molecule has 3 rings (SSSR count). The Kier molecular flexibility index (Phi) is 2.65. The third-order valence-electron chi connectivity index (χ3n) is 3.52. The first-order chi connectivity index (χ1) is 8.79. The molecule has 2 N–H and O–H groups in total. The van der Waals surface area contributed by atoms with Gasteiger partial charge in [0.2, 0.25) is 0 Å². The zero-order valence-electron chi connectivity index (χ0n) is 9.94. The van der Waals surface area contributed by atoms with Crippen molar-refractivity contribution in [2.75, 3.05) is 13.1 Å². The van der Waals surface area contributed by atoms with Gasteiger partial charge in [-0.1, -0.05) is 0 Å². The van der Waals surface area contributed by atoms with E-state index in [1.165, 1.54) is 0 Å². The van der Waals surface area contributed by atoms with E-state index < -0.39 is 0 Å². The van der Waals surface area contributed by atoms with E-state index in [4.69, 9.17) is 5.26 Å². The first-order valence-corrected chi connectivity index (χ1v) is 6.14. The maximum Gasteiger partial charge on any atom is 0.326 e. The van der Waals surface area contributed by atoms with Crippen LogP contribution in [-0.4, -0.2) is 22.6 Å². The molecule has 1 aliphatic heterocycles. The van der Waals surface area contributed by atoms with E-state index in [9.17, 15) is 4.79 Å². The second-order valence-electron chi connectivity index (χ2n) is 4.63. The van der Waals surface area contributed by atoms with E-state index >= 15 is 0 Å². The van der Waals surface area contributed by atoms with Gasteiger partial charge in [-0.2, -0.15) is 5.26 Å². The molecule has 1 saturated heterocycles. The standard InChI is InChI=1S/C13H14N4O/c14-8-9-1-2-11-12(7-9)17(13(18)16-11)10-3-5-15-6-4-10/h1-2,7,10,15H,3-6H2,(H,16,18). The van der Waals surface area contributed by atoms with Gasteiger partial charge in [-0.3, -0.25) is 4.57 Å². The van der Waals surface area contributed by atoms with E-state index in [0.717, 1.165) is 37.0 Å². The van der Waals surface area contributed by atoms with E-state index in [1.54, 1.807) is 22.8 Å². The molecule has 0 amide bonds. The third-order valence-corrected chi connectivity index (χ3v) is 3.52. The summed E-state index contributed by atoms with van der Waals surface area (Å²) in [4.78, 5) is 14.9. The number of imidazole rings is 1. The Morgan fingerprint density at radius 3 is 2.83 bits per heavy atom. The molecule has 0 saturated carbocycles. The van der Waals surface area contributed by atoms with Gasteiger partial charge in [-0.05, 0) is 44.1 Å². The molecular formula is C13H14N4O. The number of nitriles is 1. The molecule has 2 aromatic rings. The average molecular weight is 242 g/mol. The highest BCUT2D eigenvalue weighted by Gasteiger charge is 2.19. The summed E-state index contributed by atoms with van der Waals surface area (Å²) in [5, 5.41) is 12.2. The summed E-state index contributed by atoms with van der Waals surface area (Å²) < 4.78 is 1.80. The number of H-pyrrole nitrogens is 1. The van der Waals surface area contributed by atoms with Crippen LogP contribution in [0.15, 0.2) is 23.0 Å². The molecular weight excluding hydrogens is 228 g/mol. The molecule has 0 unspecified atom stereocenters. The van der Waals surface area contributed by atoms with Gasteiger partial charge in [-0.25, -0.2) is 4.79 Å². The van der Waals surface area contributed by atoms with Gasteiger partial charge in [0.1, 0.15) is 0 Å². The fourth-order valence-corrected chi connectivity index (χ4v) is 2.62. The molecule has 0 atom stereocenters. The molecule has 5 nitrogen and oxygen atoms in total. The summed E-state index contributed by atoms with van der Waals surface area (Å²) in [6.07, 6.45) is 1.90. The van der Waals surface area contributed by atoms with Crippen LogP contribution in [0.1, 0.15) is 24.4 Å². The van der Waals surface area contributed by atoms with Crippen molar-refractivity contribution in [1.82, 2.24) is 14.9 Å². The minimum Gasteiger partial charge on any atom is -0.317 e. The Morgan fingerprint density at radius 1 is 1.33 bits per heavy atom. The number of piperidine rings is 1. The number of aromatic nitrogens is 2. The van der Waals surface area contributed by atoms with Crippen LogP contribution in [0.2, 0.25) is 0 Å². The molecule has 0 spiro atoms. The number of benzene rings is 1. The van der Waals surface area contributed by atoms with Gasteiger partial charge in [0.15, 0.2) is 0 Å². The fraction of sp³-hybridized carbons (Fsp3) is 0.385. The molecule has 92 valence electrons. The van der Waals surface area contributed by atoms with Crippen molar-refractivity contribution in [1.29, 1.82) is 5.26 Å². The molecule has 5 heteroatoms. The summed E-state index contributed by atoms with van der Waals surface area (Å²) >= 11 is 0. The Hall–Kier alpha value is -2.06.